The van der Waals surface area contributed by atoms with Crippen molar-refractivity contribution in [3.63, 3.8) is 0 Å². The Morgan fingerprint density at radius 3 is 2.47 bits per heavy atom. The molecule has 4 nitrogen and oxygen atoms in total. The fraction of sp³-hybridized carbons (Fsp3) is 0.0909. The maximum Gasteiger partial charge on any atom is 0.446 e. The Bertz CT molecular complexity index is 705. The van der Waals surface area contributed by atoms with Gasteiger partial charge in [-0.2, -0.15) is 13.2 Å². The van der Waals surface area contributed by atoms with Crippen LogP contribution < -0.4 is 5.43 Å². The van der Waals surface area contributed by atoms with E-state index in [0.29, 0.717) is 0 Å². The number of rotatable bonds is 2. The molecule has 19 heavy (non-hydrogen) atoms. The van der Waals surface area contributed by atoms with Gasteiger partial charge in [0.2, 0.25) is 11.2 Å². The third-order valence-corrected chi connectivity index (χ3v) is 2.97. The lowest BCUT2D eigenvalue weighted by Crippen LogP contribution is -2.15. The Balaban J connectivity index is 2.79. The van der Waals surface area contributed by atoms with Gasteiger partial charge in [0.25, 0.3) is 0 Å². The van der Waals surface area contributed by atoms with Crippen molar-refractivity contribution in [2.45, 2.75) is 10.4 Å². The van der Waals surface area contributed by atoms with Crippen LogP contribution in [0, 0.1) is 0 Å². The molecule has 0 atom stereocenters. The number of thioether (sulfide) groups is 1. The first-order valence-corrected chi connectivity index (χ1v) is 5.66. The minimum absolute atomic E-state index is 0.0728. The van der Waals surface area contributed by atoms with E-state index in [1.807, 2.05) is 0 Å². The van der Waals surface area contributed by atoms with Gasteiger partial charge in [-0.3, -0.25) is 4.79 Å². The van der Waals surface area contributed by atoms with Crippen molar-refractivity contribution in [2.75, 3.05) is 0 Å². The van der Waals surface area contributed by atoms with Crippen molar-refractivity contribution < 1.29 is 27.5 Å². The quantitative estimate of drug-likeness (QED) is 0.861. The summed E-state index contributed by atoms with van der Waals surface area (Å²) in [4.78, 5) is 21.8. The third kappa shape index (κ3) is 2.73. The zero-order valence-electron chi connectivity index (χ0n) is 9.02. The van der Waals surface area contributed by atoms with E-state index in [4.69, 9.17) is 9.52 Å². The second kappa shape index (κ2) is 4.61. The molecule has 0 bridgehead atoms. The Kier molecular flexibility index (Phi) is 3.27. The summed E-state index contributed by atoms with van der Waals surface area (Å²) in [6.07, 6.45) is 0. The van der Waals surface area contributed by atoms with Gasteiger partial charge in [-0.1, -0.05) is 12.1 Å². The molecule has 8 heteroatoms. The molecule has 0 aliphatic rings. The molecule has 0 saturated heterocycles. The average Bonchev–Trinajstić information content (AvgIpc) is 2.31. The van der Waals surface area contributed by atoms with Crippen molar-refractivity contribution in [3.05, 3.63) is 40.2 Å². The number of carbonyl (C=O) groups is 1. The van der Waals surface area contributed by atoms with Crippen LogP contribution in [0.3, 0.4) is 0 Å². The SMILES string of the molecule is O=C(O)c1oc2ccccc2c(=O)c1SC(F)(F)F. The number of carboxylic acid groups (broad SMARTS) is 1. The summed E-state index contributed by atoms with van der Waals surface area (Å²) in [5.74, 6) is -2.74. The van der Waals surface area contributed by atoms with E-state index in [-0.39, 0.29) is 11.0 Å². The number of para-hydroxylation sites is 1. The molecule has 1 aromatic carbocycles. The molecule has 2 rings (SSSR count). The lowest BCUT2D eigenvalue weighted by atomic mass is 10.2. The van der Waals surface area contributed by atoms with Gasteiger partial charge in [0.05, 0.1) is 5.39 Å². The van der Waals surface area contributed by atoms with E-state index in [1.54, 1.807) is 0 Å². The second-order valence-corrected chi connectivity index (χ2v) is 4.51. The maximum atomic E-state index is 12.4. The summed E-state index contributed by atoms with van der Waals surface area (Å²) in [5, 5.41) is 8.74. The van der Waals surface area contributed by atoms with Crippen LogP contribution in [0.5, 0.6) is 0 Å². The monoisotopic (exact) mass is 290 g/mol. The van der Waals surface area contributed by atoms with Crippen molar-refractivity contribution in [1.82, 2.24) is 0 Å². The molecule has 0 fully saturated rings. The highest BCUT2D eigenvalue weighted by molar-refractivity contribution is 8.00. The van der Waals surface area contributed by atoms with E-state index in [9.17, 15) is 22.8 Å². The Hall–Kier alpha value is -1.96. The second-order valence-electron chi connectivity index (χ2n) is 3.44. The normalized spacial score (nSPS) is 11.7. The van der Waals surface area contributed by atoms with Gasteiger partial charge in [-0.05, 0) is 23.9 Å². The van der Waals surface area contributed by atoms with Crippen molar-refractivity contribution in [1.29, 1.82) is 0 Å². The van der Waals surface area contributed by atoms with Crippen LogP contribution in [0.2, 0.25) is 0 Å². The molecule has 1 aromatic heterocycles. The topological polar surface area (TPSA) is 67.5 Å². The van der Waals surface area contributed by atoms with Gasteiger partial charge in [-0.25, -0.2) is 4.79 Å². The molecule has 1 N–H and O–H groups in total. The highest BCUT2D eigenvalue weighted by Crippen LogP contribution is 2.37. The summed E-state index contributed by atoms with van der Waals surface area (Å²) in [7, 11) is 0. The minimum Gasteiger partial charge on any atom is -0.475 e. The third-order valence-electron chi connectivity index (χ3n) is 2.17. The largest absolute Gasteiger partial charge is 0.475 e. The summed E-state index contributed by atoms with van der Waals surface area (Å²) in [6.45, 7) is 0. The minimum atomic E-state index is -4.78. The smallest absolute Gasteiger partial charge is 0.446 e. The first-order chi connectivity index (χ1) is 8.79. The summed E-state index contributed by atoms with van der Waals surface area (Å²) in [6, 6.07) is 5.51. The average molecular weight is 290 g/mol. The van der Waals surface area contributed by atoms with Crippen LogP contribution in [0.1, 0.15) is 10.6 Å². The molecule has 0 saturated carbocycles. The van der Waals surface area contributed by atoms with Crippen LogP contribution in [0.4, 0.5) is 13.2 Å². The van der Waals surface area contributed by atoms with Gasteiger partial charge in [-0.15, -0.1) is 0 Å². The molecule has 0 amide bonds. The van der Waals surface area contributed by atoms with Crippen LogP contribution in [-0.2, 0) is 0 Å². The number of carboxylic acids is 1. The molecule has 0 aliphatic carbocycles. The van der Waals surface area contributed by atoms with Gasteiger partial charge < -0.3 is 9.52 Å². The van der Waals surface area contributed by atoms with Crippen LogP contribution in [0.25, 0.3) is 11.0 Å². The molecule has 0 unspecified atom stereocenters. The number of hydrogen-bond acceptors (Lipinski definition) is 4. The lowest BCUT2D eigenvalue weighted by Gasteiger charge is -2.08. The number of alkyl halides is 3. The standard InChI is InChI=1S/C11H5F3O4S/c12-11(13,14)19-9-7(15)5-3-1-2-4-6(5)18-8(9)10(16)17/h1-4H,(H,16,17). The molecule has 2 aromatic rings. The Morgan fingerprint density at radius 2 is 1.89 bits per heavy atom. The van der Waals surface area contributed by atoms with E-state index < -0.39 is 39.3 Å². The van der Waals surface area contributed by atoms with Gasteiger partial charge in [0.1, 0.15) is 10.5 Å². The van der Waals surface area contributed by atoms with E-state index in [2.05, 4.69) is 0 Å². The molecule has 100 valence electrons. The first-order valence-electron chi connectivity index (χ1n) is 4.84. The highest BCUT2D eigenvalue weighted by atomic mass is 32.2. The number of aromatic carboxylic acids is 1. The lowest BCUT2D eigenvalue weighted by molar-refractivity contribution is -0.0329. The molecule has 0 spiro atoms. The zero-order chi connectivity index (χ0) is 14.2. The van der Waals surface area contributed by atoms with Gasteiger partial charge >= 0.3 is 11.5 Å². The van der Waals surface area contributed by atoms with Crippen LogP contribution in [0.15, 0.2) is 38.4 Å². The number of hydrogen-bond donors (Lipinski definition) is 1. The molecular formula is C11H5F3O4S. The van der Waals surface area contributed by atoms with Crippen LogP contribution in [-0.4, -0.2) is 16.6 Å². The number of halogens is 3. The Morgan fingerprint density at radius 1 is 1.26 bits per heavy atom. The van der Waals surface area contributed by atoms with E-state index in [0.717, 1.165) is 0 Å². The van der Waals surface area contributed by atoms with Gasteiger partial charge in [0, 0.05) is 0 Å². The molecule has 0 radical (unpaired) electrons. The van der Waals surface area contributed by atoms with Gasteiger partial charge in [0.15, 0.2) is 0 Å². The fourth-order valence-corrected chi connectivity index (χ4v) is 2.13. The van der Waals surface area contributed by atoms with Crippen molar-refractivity contribution in [2.24, 2.45) is 0 Å². The number of fused-ring (bicyclic) bond motifs is 1. The fourth-order valence-electron chi connectivity index (χ4n) is 1.47. The predicted octanol–water partition coefficient (Wildman–Crippen LogP) is 3.10. The molecular weight excluding hydrogens is 285 g/mol. The highest BCUT2D eigenvalue weighted by Gasteiger charge is 2.34. The van der Waals surface area contributed by atoms with Crippen molar-refractivity contribution >= 4 is 28.7 Å². The molecule has 1 heterocycles. The van der Waals surface area contributed by atoms with Crippen molar-refractivity contribution in [3.8, 4) is 0 Å². The summed E-state index contributed by atoms with van der Waals surface area (Å²) < 4.78 is 41.9. The summed E-state index contributed by atoms with van der Waals surface area (Å²) >= 11 is -0.790. The number of benzene rings is 1. The summed E-state index contributed by atoms with van der Waals surface area (Å²) in [5.41, 5.74) is -5.86. The van der Waals surface area contributed by atoms with Crippen LogP contribution >= 0.6 is 11.8 Å². The van der Waals surface area contributed by atoms with E-state index in [1.165, 1.54) is 24.3 Å². The Labute approximate surface area is 107 Å². The zero-order valence-corrected chi connectivity index (χ0v) is 9.84. The first kappa shape index (κ1) is 13.5. The maximum absolute atomic E-state index is 12.4. The molecule has 0 aliphatic heterocycles. The predicted molar refractivity (Wildman–Crippen MR) is 61.4 cm³/mol. The van der Waals surface area contributed by atoms with E-state index >= 15 is 0 Å².